The molecule has 25 heavy (non-hydrogen) atoms. The summed E-state index contributed by atoms with van der Waals surface area (Å²) in [6.07, 6.45) is 5.85. The Balaban J connectivity index is 1.62. The third kappa shape index (κ3) is 4.20. The average Bonchev–Trinajstić information content (AvgIpc) is 2.69. The second kappa shape index (κ2) is 8.06. The molecular weight excluding hydrogens is 314 g/mol. The monoisotopic (exact) mass is 333 g/mol. The third-order valence-electron chi connectivity index (χ3n) is 3.86. The first-order valence-corrected chi connectivity index (χ1v) is 8.04. The molecule has 0 fully saturated rings. The highest BCUT2D eigenvalue weighted by Crippen LogP contribution is 2.28. The predicted octanol–water partition coefficient (Wildman–Crippen LogP) is 3.12. The lowest BCUT2D eigenvalue weighted by atomic mass is 10.0. The summed E-state index contributed by atoms with van der Waals surface area (Å²) in [5, 5.41) is 2.92. The van der Waals surface area contributed by atoms with Crippen LogP contribution in [0.1, 0.15) is 16.1 Å². The van der Waals surface area contributed by atoms with Crippen molar-refractivity contribution >= 4 is 5.91 Å². The molecule has 0 bridgehead atoms. The number of rotatable bonds is 6. The number of methoxy groups -OCH3 is 1. The average molecular weight is 333 g/mol. The standard InChI is InChI=1S/C20H19N3O2/c1-25-19-14-21-12-10-18(19)15-5-7-16(8-6-15)20(24)23-13-9-17-4-2-3-11-22-17/h2-8,10-12,14H,9,13H2,1H3,(H,23,24). The fourth-order valence-electron chi connectivity index (χ4n) is 2.53. The van der Waals surface area contributed by atoms with Crippen molar-refractivity contribution in [3.05, 3.63) is 78.4 Å². The smallest absolute Gasteiger partial charge is 0.251 e. The molecule has 1 amide bonds. The lowest BCUT2D eigenvalue weighted by molar-refractivity contribution is 0.0954. The number of amides is 1. The molecule has 0 radical (unpaired) electrons. The van der Waals surface area contributed by atoms with E-state index in [2.05, 4.69) is 15.3 Å². The molecule has 0 unspecified atom stereocenters. The number of hydrogen-bond donors (Lipinski definition) is 1. The van der Waals surface area contributed by atoms with Gasteiger partial charge >= 0.3 is 0 Å². The van der Waals surface area contributed by atoms with Crippen LogP contribution in [0.3, 0.4) is 0 Å². The molecule has 0 saturated carbocycles. The maximum absolute atomic E-state index is 12.2. The number of carbonyl (C=O) groups excluding carboxylic acids is 1. The highest BCUT2D eigenvalue weighted by atomic mass is 16.5. The molecule has 0 aliphatic rings. The highest BCUT2D eigenvalue weighted by molar-refractivity contribution is 5.94. The molecule has 0 aliphatic heterocycles. The summed E-state index contributed by atoms with van der Waals surface area (Å²) < 4.78 is 5.32. The number of aromatic nitrogens is 2. The zero-order valence-corrected chi connectivity index (χ0v) is 14.0. The predicted molar refractivity (Wildman–Crippen MR) is 96.5 cm³/mol. The molecular formula is C20H19N3O2. The molecule has 0 atom stereocenters. The van der Waals surface area contributed by atoms with E-state index in [1.165, 1.54) is 0 Å². The van der Waals surface area contributed by atoms with Crippen LogP contribution in [-0.2, 0) is 6.42 Å². The van der Waals surface area contributed by atoms with E-state index in [0.29, 0.717) is 24.3 Å². The van der Waals surface area contributed by atoms with Crippen molar-refractivity contribution in [2.75, 3.05) is 13.7 Å². The summed E-state index contributed by atoms with van der Waals surface area (Å²) in [4.78, 5) is 20.5. The van der Waals surface area contributed by atoms with E-state index in [1.54, 1.807) is 25.7 Å². The Morgan fingerprint density at radius 2 is 1.92 bits per heavy atom. The maximum atomic E-state index is 12.2. The first-order valence-electron chi connectivity index (χ1n) is 8.04. The number of nitrogens with zero attached hydrogens (tertiary/aromatic N) is 2. The number of nitrogens with one attached hydrogen (secondary N) is 1. The Labute approximate surface area is 146 Å². The Hall–Kier alpha value is -3.21. The van der Waals surface area contributed by atoms with Crippen LogP contribution in [0.4, 0.5) is 0 Å². The number of ether oxygens (including phenoxy) is 1. The largest absolute Gasteiger partial charge is 0.494 e. The van der Waals surface area contributed by atoms with Crippen molar-refractivity contribution in [1.29, 1.82) is 0 Å². The SMILES string of the molecule is COc1cnccc1-c1ccc(C(=O)NCCc2ccccn2)cc1. The number of hydrogen-bond acceptors (Lipinski definition) is 4. The minimum absolute atomic E-state index is 0.0934. The summed E-state index contributed by atoms with van der Waals surface area (Å²) in [6, 6.07) is 15.1. The lowest BCUT2D eigenvalue weighted by Gasteiger charge is -2.09. The van der Waals surface area contributed by atoms with Crippen molar-refractivity contribution in [3.63, 3.8) is 0 Å². The lowest BCUT2D eigenvalue weighted by Crippen LogP contribution is -2.25. The molecule has 1 N–H and O–H groups in total. The maximum Gasteiger partial charge on any atom is 0.251 e. The molecule has 0 saturated heterocycles. The molecule has 126 valence electrons. The van der Waals surface area contributed by atoms with Crippen molar-refractivity contribution in [2.45, 2.75) is 6.42 Å². The fraction of sp³-hybridized carbons (Fsp3) is 0.150. The molecule has 3 aromatic rings. The Kier molecular flexibility index (Phi) is 5.36. The summed E-state index contributed by atoms with van der Waals surface area (Å²) in [6.45, 7) is 0.551. The van der Waals surface area contributed by atoms with Crippen LogP contribution in [0.2, 0.25) is 0 Å². The first-order chi connectivity index (χ1) is 12.3. The third-order valence-corrected chi connectivity index (χ3v) is 3.86. The molecule has 1 aromatic carbocycles. The normalized spacial score (nSPS) is 10.3. The number of pyridine rings is 2. The second-order valence-electron chi connectivity index (χ2n) is 5.48. The van der Waals surface area contributed by atoms with Gasteiger partial charge < -0.3 is 10.1 Å². The van der Waals surface area contributed by atoms with Gasteiger partial charge in [0.05, 0.1) is 13.3 Å². The van der Waals surface area contributed by atoms with Crippen molar-refractivity contribution in [1.82, 2.24) is 15.3 Å². The van der Waals surface area contributed by atoms with E-state index < -0.39 is 0 Å². The summed E-state index contributed by atoms with van der Waals surface area (Å²) in [7, 11) is 1.62. The fourth-order valence-corrected chi connectivity index (χ4v) is 2.53. The van der Waals surface area contributed by atoms with Crippen molar-refractivity contribution in [3.8, 4) is 16.9 Å². The van der Waals surface area contributed by atoms with Gasteiger partial charge in [-0.2, -0.15) is 0 Å². The van der Waals surface area contributed by atoms with Gasteiger partial charge in [-0.25, -0.2) is 0 Å². The van der Waals surface area contributed by atoms with Crippen LogP contribution in [0, 0.1) is 0 Å². The minimum atomic E-state index is -0.0934. The van der Waals surface area contributed by atoms with Gasteiger partial charge in [0, 0.05) is 42.2 Å². The second-order valence-corrected chi connectivity index (χ2v) is 5.48. The van der Waals surface area contributed by atoms with E-state index >= 15 is 0 Å². The summed E-state index contributed by atoms with van der Waals surface area (Å²) in [5.74, 6) is 0.610. The van der Waals surface area contributed by atoms with Gasteiger partial charge in [0.1, 0.15) is 5.75 Å². The van der Waals surface area contributed by atoms with Crippen LogP contribution in [0.5, 0.6) is 5.75 Å². The van der Waals surface area contributed by atoms with Crippen molar-refractivity contribution < 1.29 is 9.53 Å². The molecule has 2 aromatic heterocycles. The van der Waals surface area contributed by atoms with Gasteiger partial charge in [-0.05, 0) is 35.9 Å². The Morgan fingerprint density at radius 1 is 1.08 bits per heavy atom. The van der Waals surface area contributed by atoms with Gasteiger partial charge in [0.25, 0.3) is 5.91 Å². The van der Waals surface area contributed by atoms with Crippen LogP contribution >= 0.6 is 0 Å². The van der Waals surface area contributed by atoms with Gasteiger partial charge in [-0.1, -0.05) is 18.2 Å². The van der Waals surface area contributed by atoms with E-state index in [4.69, 9.17) is 4.74 Å². The van der Waals surface area contributed by atoms with Gasteiger partial charge in [0.2, 0.25) is 0 Å². The molecule has 2 heterocycles. The summed E-state index contributed by atoms with van der Waals surface area (Å²) in [5.41, 5.74) is 3.50. The Morgan fingerprint density at radius 3 is 2.64 bits per heavy atom. The molecule has 5 heteroatoms. The van der Waals surface area contributed by atoms with E-state index in [0.717, 1.165) is 16.8 Å². The molecule has 3 rings (SSSR count). The minimum Gasteiger partial charge on any atom is -0.494 e. The zero-order valence-electron chi connectivity index (χ0n) is 14.0. The van der Waals surface area contributed by atoms with E-state index in [-0.39, 0.29) is 5.91 Å². The van der Waals surface area contributed by atoms with Gasteiger partial charge in [-0.15, -0.1) is 0 Å². The van der Waals surface area contributed by atoms with Crippen LogP contribution in [-0.4, -0.2) is 29.5 Å². The number of benzene rings is 1. The highest BCUT2D eigenvalue weighted by Gasteiger charge is 2.08. The van der Waals surface area contributed by atoms with Crippen molar-refractivity contribution in [2.24, 2.45) is 0 Å². The van der Waals surface area contributed by atoms with E-state index in [1.807, 2.05) is 48.5 Å². The number of carbonyl (C=O) groups is 1. The van der Waals surface area contributed by atoms with Crippen LogP contribution in [0.25, 0.3) is 11.1 Å². The molecule has 0 spiro atoms. The Bertz CT molecular complexity index is 833. The van der Waals surface area contributed by atoms with Crippen LogP contribution < -0.4 is 10.1 Å². The van der Waals surface area contributed by atoms with Crippen LogP contribution in [0.15, 0.2) is 67.1 Å². The quantitative estimate of drug-likeness (QED) is 0.753. The van der Waals surface area contributed by atoms with Gasteiger partial charge in [0.15, 0.2) is 0 Å². The van der Waals surface area contributed by atoms with E-state index in [9.17, 15) is 4.79 Å². The molecule has 5 nitrogen and oxygen atoms in total. The first kappa shape index (κ1) is 16.6. The molecule has 0 aliphatic carbocycles. The topological polar surface area (TPSA) is 64.1 Å². The van der Waals surface area contributed by atoms with Gasteiger partial charge in [-0.3, -0.25) is 14.8 Å². The summed E-state index contributed by atoms with van der Waals surface area (Å²) >= 11 is 0. The zero-order chi connectivity index (χ0) is 17.5.